The number of halogens is 2. The number of hydrogen-bond donors (Lipinski definition) is 1. The SMILES string of the molecule is CCNC(Cc1ccc(F)cc1Br)C1(C)CCCCC1. The van der Waals surface area contributed by atoms with Crippen LogP contribution in [0.3, 0.4) is 0 Å². The molecule has 2 rings (SSSR count). The first-order chi connectivity index (χ1) is 9.55. The summed E-state index contributed by atoms with van der Waals surface area (Å²) in [6, 6.07) is 5.51. The average Bonchev–Trinajstić information content (AvgIpc) is 2.42. The van der Waals surface area contributed by atoms with E-state index in [1.165, 1.54) is 37.7 Å². The number of rotatable bonds is 5. The first-order valence-corrected chi connectivity index (χ1v) is 8.52. The van der Waals surface area contributed by atoms with E-state index < -0.39 is 0 Å². The van der Waals surface area contributed by atoms with Crippen molar-refractivity contribution in [3.63, 3.8) is 0 Å². The molecule has 112 valence electrons. The van der Waals surface area contributed by atoms with Crippen LogP contribution < -0.4 is 5.32 Å². The van der Waals surface area contributed by atoms with Gasteiger partial charge in [-0.1, -0.05) is 55.1 Å². The molecule has 0 spiro atoms. The van der Waals surface area contributed by atoms with Gasteiger partial charge in [0.1, 0.15) is 5.82 Å². The van der Waals surface area contributed by atoms with Gasteiger partial charge in [0.25, 0.3) is 0 Å². The summed E-state index contributed by atoms with van der Waals surface area (Å²) < 4.78 is 14.1. The summed E-state index contributed by atoms with van der Waals surface area (Å²) in [4.78, 5) is 0. The zero-order chi connectivity index (χ0) is 14.6. The third-order valence-electron chi connectivity index (χ3n) is 4.73. The maximum absolute atomic E-state index is 13.2. The standard InChI is InChI=1S/C17H25BrFN/c1-3-20-16(17(2)9-5-4-6-10-17)11-13-7-8-14(19)12-15(13)18/h7-8,12,16,20H,3-6,9-11H2,1-2H3. The molecule has 0 amide bonds. The minimum Gasteiger partial charge on any atom is -0.313 e. The van der Waals surface area contributed by atoms with E-state index in [-0.39, 0.29) is 5.82 Å². The molecule has 3 heteroatoms. The number of benzene rings is 1. The molecular weight excluding hydrogens is 317 g/mol. The van der Waals surface area contributed by atoms with Gasteiger partial charge in [-0.25, -0.2) is 4.39 Å². The fourth-order valence-electron chi connectivity index (χ4n) is 3.43. The van der Waals surface area contributed by atoms with E-state index in [2.05, 4.69) is 35.1 Å². The molecule has 1 unspecified atom stereocenters. The number of hydrogen-bond acceptors (Lipinski definition) is 1. The molecule has 0 heterocycles. The number of nitrogens with one attached hydrogen (secondary N) is 1. The van der Waals surface area contributed by atoms with Crippen LogP contribution in [0.15, 0.2) is 22.7 Å². The van der Waals surface area contributed by atoms with Crippen LogP contribution in [0, 0.1) is 11.2 Å². The molecule has 1 aliphatic carbocycles. The summed E-state index contributed by atoms with van der Waals surface area (Å²) in [6.45, 7) is 5.56. The minimum atomic E-state index is -0.176. The Balaban J connectivity index is 2.16. The van der Waals surface area contributed by atoms with E-state index in [4.69, 9.17) is 0 Å². The topological polar surface area (TPSA) is 12.0 Å². The highest BCUT2D eigenvalue weighted by atomic mass is 79.9. The van der Waals surface area contributed by atoms with Gasteiger partial charge >= 0.3 is 0 Å². The summed E-state index contributed by atoms with van der Waals surface area (Å²) in [5.74, 6) is -0.176. The molecule has 1 saturated carbocycles. The lowest BCUT2D eigenvalue weighted by molar-refractivity contribution is 0.144. The second-order valence-corrected chi connectivity index (χ2v) is 7.12. The van der Waals surface area contributed by atoms with Crippen LogP contribution in [0.4, 0.5) is 4.39 Å². The van der Waals surface area contributed by atoms with Crippen molar-refractivity contribution in [3.05, 3.63) is 34.1 Å². The fourth-order valence-corrected chi connectivity index (χ4v) is 3.94. The van der Waals surface area contributed by atoms with Crippen molar-refractivity contribution in [2.24, 2.45) is 5.41 Å². The van der Waals surface area contributed by atoms with Gasteiger partial charge in [0.05, 0.1) is 0 Å². The Kier molecular flexibility index (Phi) is 5.62. The largest absolute Gasteiger partial charge is 0.313 e. The van der Waals surface area contributed by atoms with Crippen molar-refractivity contribution >= 4 is 15.9 Å². The Morgan fingerprint density at radius 1 is 1.30 bits per heavy atom. The normalized spacial score (nSPS) is 19.8. The summed E-state index contributed by atoms with van der Waals surface area (Å²) in [5, 5.41) is 3.67. The molecule has 0 saturated heterocycles. The molecule has 1 N–H and O–H groups in total. The van der Waals surface area contributed by atoms with E-state index in [1.54, 1.807) is 12.1 Å². The molecule has 1 aromatic carbocycles. The Hall–Kier alpha value is -0.410. The monoisotopic (exact) mass is 341 g/mol. The summed E-state index contributed by atoms with van der Waals surface area (Å²) >= 11 is 3.50. The quantitative estimate of drug-likeness (QED) is 0.787. The van der Waals surface area contributed by atoms with Gasteiger partial charge < -0.3 is 5.32 Å². The van der Waals surface area contributed by atoms with E-state index in [9.17, 15) is 4.39 Å². The van der Waals surface area contributed by atoms with Crippen LogP contribution in [0.5, 0.6) is 0 Å². The Labute approximate surface area is 130 Å². The average molecular weight is 342 g/mol. The van der Waals surface area contributed by atoms with Crippen LogP contribution in [0.2, 0.25) is 0 Å². The smallest absolute Gasteiger partial charge is 0.124 e. The Morgan fingerprint density at radius 3 is 2.60 bits per heavy atom. The molecule has 1 atom stereocenters. The van der Waals surface area contributed by atoms with Crippen LogP contribution in [-0.4, -0.2) is 12.6 Å². The van der Waals surface area contributed by atoms with Crippen molar-refractivity contribution in [2.75, 3.05) is 6.54 Å². The molecule has 0 radical (unpaired) electrons. The Bertz CT molecular complexity index is 441. The highest BCUT2D eigenvalue weighted by molar-refractivity contribution is 9.10. The first-order valence-electron chi connectivity index (χ1n) is 7.72. The van der Waals surface area contributed by atoms with Crippen molar-refractivity contribution in [3.8, 4) is 0 Å². The van der Waals surface area contributed by atoms with Gasteiger partial charge in [-0.3, -0.25) is 0 Å². The Morgan fingerprint density at radius 2 is 2.00 bits per heavy atom. The van der Waals surface area contributed by atoms with Crippen molar-refractivity contribution in [1.82, 2.24) is 5.32 Å². The maximum atomic E-state index is 13.2. The summed E-state index contributed by atoms with van der Waals surface area (Å²) in [5.41, 5.74) is 1.56. The molecule has 1 aromatic rings. The van der Waals surface area contributed by atoms with Gasteiger partial charge in [0.15, 0.2) is 0 Å². The lowest BCUT2D eigenvalue weighted by Gasteiger charge is -2.41. The molecule has 0 aliphatic heterocycles. The molecule has 20 heavy (non-hydrogen) atoms. The van der Waals surface area contributed by atoms with Crippen molar-refractivity contribution in [2.45, 2.75) is 58.4 Å². The van der Waals surface area contributed by atoms with Gasteiger partial charge in [-0.05, 0) is 48.9 Å². The van der Waals surface area contributed by atoms with Gasteiger partial charge in [0.2, 0.25) is 0 Å². The molecule has 1 aliphatic rings. The second-order valence-electron chi connectivity index (χ2n) is 6.26. The van der Waals surface area contributed by atoms with Crippen molar-refractivity contribution < 1.29 is 4.39 Å². The summed E-state index contributed by atoms with van der Waals surface area (Å²) in [7, 11) is 0. The van der Waals surface area contributed by atoms with E-state index in [0.717, 1.165) is 17.4 Å². The first kappa shape index (κ1) is 16.0. The summed E-state index contributed by atoms with van der Waals surface area (Å²) in [6.07, 6.45) is 7.60. The molecular formula is C17H25BrFN. The lowest BCUT2D eigenvalue weighted by Crippen LogP contribution is -2.46. The maximum Gasteiger partial charge on any atom is 0.124 e. The zero-order valence-corrected chi connectivity index (χ0v) is 14.1. The van der Waals surface area contributed by atoms with Gasteiger partial charge in [-0.15, -0.1) is 0 Å². The molecule has 0 bridgehead atoms. The zero-order valence-electron chi connectivity index (χ0n) is 12.5. The minimum absolute atomic E-state index is 0.176. The van der Waals surface area contributed by atoms with Gasteiger partial charge in [0, 0.05) is 10.5 Å². The van der Waals surface area contributed by atoms with Crippen LogP contribution in [0.1, 0.15) is 51.5 Å². The van der Waals surface area contributed by atoms with Crippen molar-refractivity contribution in [1.29, 1.82) is 0 Å². The third-order valence-corrected chi connectivity index (χ3v) is 5.46. The van der Waals surface area contributed by atoms with Crippen LogP contribution >= 0.6 is 15.9 Å². The van der Waals surface area contributed by atoms with E-state index >= 15 is 0 Å². The van der Waals surface area contributed by atoms with E-state index in [0.29, 0.717) is 11.5 Å². The van der Waals surface area contributed by atoms with E-state index in [1.807, 2.05) is 6.07 Å². The number of likely N-dealkylation sites (N-methyl/N-ethyl adjacent to an activating group) is 1. The van der Waals surface area contributed by atoms with Crippen LogP contribution in [0.25, 0.3) is 0 Å². The van der Waals surface area contributed by atoms with Gasteiger partial charge in [-0.2, -0.15) is 0 Å². The predicted molar refractivity (Wildman–Crippen MR) is 86.5 cm³/mol. The molecule has 1 fully saturated rings. The van der Waals surface area contributed by atoms with Crippen LogP contribution in [-0.2, 0) is 6.42 Å². The lowest BCUT2D eigenvalue weighted by atomic mass is 9.69. The third kappa shape index (κ3) is 3.82. The second kappa shape index (κ2) is 7.04. The molecule has 1 nitrogen and oxygen atoms in total. The molecule has 0 aromatic heterocycles. The highest BCUT2D eigenvalue weighted by Gasteiger charge is 2.35. The fraction of sp³-hybridized carbons (Fsp3) is 0.647. The highest BCUT2D eigenvalue weighted by Crippen LogP contribution is 2.40. The predicted octanol–water partition coefficient (Wildman–Crippen LogP) is 5.08.